The van der Waals surface area contributed by atoms with Crippen molar-refractivity contribution >= 4 is 11.3 Å². The minimum absolute atomic E-state index is 0.267. The Morgan fingerprint density at radius 1 is 1.00 bits per heavy atom. The van der Waals surface area contributed by atoms with Crippen molar-refractivity contribution < 1.29 is 4.74 Å². The van der Waals surface area contributed by atoms with Gasteiger partial charge in [-0.3, -0.25) is 9.97 Å². The Bertz CT molecular complexity index is 1030. The monoisotopic (exact) mass is 393 g/mol. The van der Waals surface area contributed by atoms with E-state index >= 15 is 0 Å². The molecule has 2 aromatic heterocycles. The van der Waals surface area contributed by atoms with E-state index in [2.05, 4.69) is 39.6 Å². The van der Waals surface area contributed by atoms with Gasteiger partial charge in [0.25, 0.3) is 0 Å². The number of H-pyrrole nitrogens is 2. The fourth-order valence-corrected chi connectivity index (χ4v) is 4.52. The average Bonchev–Trinajstić information content (AvgIpc) is 3.41. The van der Waals surface area contributed by atoms with Crippen LogP contribution in [-0.2, 0) is 11.2 Å². The van der Waals surface area contributed by atoms with Crippen LogP contribution in [0.3, 0.4) is 0 Å². The number of nitrogens with zero attached hydrogens (tertiary/aromatic N) is 2. The number of fused-ring (bicyclic) bond motifs is 1. The number of rotatable bonds is 5. The van der Waals surface area contributed by atoms with Crippen LogP contribution in [0.4, 0.5) is 0 Å². The van der Waals surface area contributed by atoms with Crippen molar-refractivity contribution in [2.45, 2.75) is 38.0 Å². The lowest BCUT2D eigenvalue weighted by Crippen LogP contribution is -2.16. The van der Waals surface area contributed by atoms with Crippen LogP contribution in [0.25, 0.3) is 22.6 Å². The Labute approximate surface area is 169 Å². The summed E-state index contributed by atoms with van der Waals surface area (Å²) in [5.41, 5.74) is 5.03. The summed E-state index contributed by atoms with van der Waals surface area (Å²) in [5, 5.41) is 3.43. The van der Waals surface area contributed by atoms with Gasteiger partial charge in [-0.1, -0.05) is 24.3 Å². The van der Waals surface area contributed by atoms with Crippen LogP contribution < -0.4 is 11.0 Å². The summed E-state index contributed by atoms with van der Waals surface area (Å²) in [5.74, 6) is 1.25. The number of aromatic amines is 2. The molecule has 2 saturated heterocycles. The number of nitrogens with one attached hydrogen (secondary N) is 3. The van der Waals surface area contributed by atoms with Crippen LogP contribution in [0.1, 0.15) is 42.9 Å². The molecule has 4 heterocycles. The summed E-state index contributed by atoms with van der Waals surface area (Å²) >= 11 is 0. The maximum Gasteiger partial charge on any atom is 0.326 e. The molecule has 5 rings (SSSR count). The number of ether oxygens (including phenoxy) is 1. The molecule has 0 saturated carbocycles. The van der Waals surface area contributed by atoms with Gasteiger partial charge in [0, 0.05) is 25.3 Å². The number of hydrogen-bond acceptors (Lipinski definition) is 5. The van der Waals surface area contributed by atoms with Crippen LogP contribution in [-0.4, -0.2) is 46.2 Å². The van der Waals surface area contributed by atoms with Crippen LogP contribution in [0.2, 0.25) is 0 Å². The Kier molecular flexibility index (Phi) is 5.16. The molecule has 2 aliphatic rings. The smallest absolute Gasteiger partial charge is 0.326 e. The highest BCUT2D eigenvalue weighted by atomic mass is 16.5. The summed E-state index contributed by atoms with van der Waals surface area (Å²) in [7, 11) is 0. The van der Waals surface area contributed by atoms with E-state index in [1.165, 1.54) is 12.0 Å². The van der Waals surface area contributed by atoms with Gasteiger partial charge >= 0.3 is 5.69 Å². The molecular weight excluding hydrogens is 366 g/mol. The summed E-state index contributed by atoms with van der Waals surface area (Å²) in [6, 6.07) is 8.71. The SMILES string of the molecule is O=c1[nH]c2nc(CCC3CCOCC3)c(-c3ccc(C4CCNC4)cc3)nc2[nH]1. The fourth-order valence-electron chi connectivity index (χ4n) is 4.52. The first-order valence-electron chi connectivity index (χ1n) is 10.6. The highest BCUT2D eigenvalue weighted by Gasteiger charge is 2.19. The molecule has 0 spiro atoms. The van der Waals surface area contributed by atoms with Gasteiger partial charge in [-0.05, 0) is 56.0 Å². The molecule has 0 bridgehead atoms. The number of hydrogen-bond donors (Lipinski definition) is 3. The van der Waals surface area contributed by atoms with E-state index in [4.69, 9.17) is 14.7 Å². The Hall–Kier alpha value is -2.51. The molecule has 1 atom stereocenters. The average molecular weight is 393 g/mol. The third kappa shape index (κ3) is 3.97. The Morgan fingerprint density at radius 3 is 2.48 bits per heavy atom. The highest BCUT2D eigenvalue weighted by molar-refractivity contribution is 5.72. The van der Waals surface area contributed by atoms with Crippen molar-refractivity contribution in [3.8, 4) is 11.3 Å². The second-order valence-electron chi connectivity index (χ2n) is 8.20. The summed E-state index contributed by atoms with van der Waals surface area (Å²) in [6.07, 6.45) is 5.32. The van der Waals surface area contributed by atoms with Gasteiger partial charge in [-0.25, -0.2) is 14.8 Å². The van der Waals surface area contributed by atoms with E-state index < -0.39 is 0 Å². The Balaban J connectivity index is 1.46. The quantitative estimate of drug-likeness (QED) is 0.619. The summed E-state index contributed by atoms with van der Waals surface area (Å²) < 4.78 is 5.48. The second kappa shape index (κ2) is 8.08. The van der Waals surface area contributed by atoms with E-state index in [1.807, 2.05) is 0 Å². The van der Waals surface area contributed by atoms with Crippen LogP contribution in [0.15, 0.2) is 29.1 Å². The molecule has 29 heavy (non-hydrogen) atoms. The van der Waals surface area contributed by atoms with Gasteiger partial charge in [0.05, 0.1) is 11.4 Å². The first-order valence-corrected chi connectivity index (χ1v) is 10.6. The lowest BCUT2D eigenvalue weighted by Gasteiger charge is -2.22. The van der Waals surface area contributed by atoms with Crippen LogP contribution in [0.5, 0.6) is 0 Å². The van der Waals surface area contributed by atoms with Gasteiger partial charge in [0.2, 0.25) is 0 Å². The van der Waals surface area contributed by atoms with Gasteiger partial charge in [-0.15, -0.1) is 0 Å². The van der Waals surface area contributed by atoms with Crippen molar-refractivity contribution in [2.75, 3.05) is 26.3 Å². The first-order chi connectivity index (χ1) is 14.3. The van der Waals surface area contributed by atoms with Gasteiger partial charge < -0.3 is 10.1 Å². The standard InChI is InChI=1S/C22H27N5O2/c28-22-26-20-21(27-22)25-19(18(24-20)6-1-14-8-11-29-12-9-14)16-4-2-15(3-5-16)17-7-10-23-13-17/h2-5,14,17,23H,1,6-13H2,(H2,24,25,26,27,28). The number of benzene rings is 1. The van der Waals surface area contributed by atoms with Crippen LogP contribution >= 0.6 is 0 Å². The maximum absolute atomic E-state index is 11.7. The Morgan fingerprint density at radius 2 is 1.76 bits per heavy atom. The molecule has 1 aromatic carbocycles. The zero-order valence-corrected chi connectivity index (χ0v) is 16.5. The molecule has 1 unspecified atom stereocenters. The molecule has 0 amide bonds. The molecule has 2 aliphatic heterocycles. The van der Waals surface area contributed by atoms with E-state index in [9.17, 15) is 4.79 Å². The lowest BCUT2D eigenvalue weighted by atomic mass is 9.92. The lowest BCUT2D eigenvalue weighted by molar-refractivity contribution is 0.0639. The van der Waals surface area contributed by atoms with E-state index in [1.54, 1.807) is 0 Å². The predicted molar refractivity (Wildman–Crippen MR) is 112 cm³/mol. The first kappa shape index (κ1) is 18.5. The topological polar surface area (TPSA) is 95.7 Å². The molecular formula is C22H27N5O2. The molecule has 7 nitrogen and oxygen atoms in total. The van der Waals surface area contributed by atoms with Gasteiger partial charge in [-0.2, -0.15) is 0 Å². The summed E-state index contributed by atoms with van der Waals surface area (Å²) in [6.45, 7) is 3.84. The molecule has 7 heteroatoms. The molecule has 3 N–H and O–H groups in total. The van der Waals surface area contributed by atoms with Gasteiger partial charge in [0.1, 0.15) is 0 Å². The van der Waals surface area contributed by atoms with Crippen molar-refractivity contribution in [1.29, 1.82) is 0 Å². The largest absolute Gasteiger partial charge is 0.381 e. The normalized spacial score (nSPS) is 20.5. The van der Waals surface area contributed by atoms with Gasteiger partial charge in [0.15, 0.2) is 11.3 Å². The third-order valence-corrected chi connectivity index (χ3v) is 6.28. The van der Waals surface area contributed by atoms with Crippen molar-refractivity contribution in [3.05, 3.63) is 46.0 Å². The van der Waals surface area contributed by atoms with E-state index in [0.717, 1.165) is 68.9 Å². The number of imidazole rings is 1. The van der Waals surface area contributed by atoms with E-state index in [-0.39, 0.29) is 5.69 Å². The fraction of sp³-hybridized carbons (Fsp3) is 0.500. The van der Waals surface area contributed by atoms with E-state index in [0.29, 0.717) is 23.1 Å². The number of aromatic nitrogens is 4. The highest BCUT2D eigenvalue weighted by Crippen LogP contribution is 2.29. The zero-order valence-electron chi connectivity index (χ0n) is 16.5. The number of aryl methyl sites for hydroxylation is 1. The molecule has 3 aromatic rings. The predicted octanol–water partition coefficient (Wildman–Crippen LogP) is 2.75. The minimum Gasteiger partial charge on any atom is -0.381 e. The summed E-state index contributed by atoms with van der Waals surface area (Å²) in [4.78, 5) is 26.8. The van der Waals surface area contributed by atoms with Crippen molar-refractivity contribution in [1.82, 2.24) is 25.3 Å². The van der Waals surface area contributed by atoms with Crippen molar-refractivity contribution in [3.63, 3.8) is 0 Å². The minimum atomic E-state index is -0.267. The second-order valence-corrected chi connectivity index (χ2v) is 8.20. The maximum atomic E-state index is 11.7. The third-order valence-electron chi connectivity index (χ3n) is 6.28. The van der Waals surface area contributed by atoms with Crippen LogP contribution in [0, 0.1) is 5.92 Å². The molecule has 0 aliphatic carbocycles. The molecule has 2 fully saturated rings. The molecule has 0 radical (unpaired) electrons. The zero-order chi connectivity index (χ0) is 19.6. The van der Waals surface area contributed by atoms with Crippen molar-refractivity contribution in [2.24, 2.45) is 5.92 Å². The molecule has 152 valence electrons.